The van der Waals surface area contributed by atoms with Crippen molar-refractivity contribution in [3.05, 3.63) is 182 Å². The van der Waals surface area contributed by atoms with E-state index in [-0.39, 0.29) is 0 Å². The Balaban J connectivity index is 1.17. The minimum absolute atomic E-state index is 1.13. The van der Waals surface area contributed by atoms with Gasteiger partial charge >= 0.3 is 0 Å². The van der Waals surface area contributed by atoms with Crippen molar-refractivity contribution >= 4 is 103 Å². The molecule has 0 atom stereocenters. The quantitative estimate of drug-likeness (QED) is 0.170. The Morgan fingerprint density at radius 3 is 1.82 bits per heavy atom. The van der Waals surface area contributed by atoms with Crippen LogP contribution >= 0.6 is 11.3 Å². The van der Waals surface area contributed by atoms with Gasteiger partial charge in [-0.25, -0.2) is 0 Å². The summed E-state index contributed by atoms with van der Waals surface area (Å²) in [4.78, 5) is 2.44. The molecule has 0 amide bonds. The number of anilines is 3. The van der Waals surface area contributed by atoms with Crippen molar-refractivity contribution in [3.8, 4) is 5.69 Å². The second-order valence-electron chi connectivity index (χ2n) is 13.4. The fraction of sp³-hybridized carbons (Fsp3) is 0. The molecular weight excluding hydrogens is 637 g/mol. The van der Waals surface area contributed by atoms with Crippen molar-refractivity contribution in [2.75, 3.05) is 4.90 Å². The first-order chi connectivity index (χ1) is 25.3. The van der Waals surface area contributed by atoms with Gasteiger partial charge in [-0.1, -0.05) is 115 Å². The van der Waals surface area contributed by atoms with Gasteiger partial charge in [0.15, 0.2) is 0 Å². The van der Waals surface area contributed by atoms with Gasteiger partial charge in [0, 0.05) is 53.7 Å². The highest BCUT2D eigenvalue weighted by molar-refractivity contribution is 7.25. The zero-order chi connectivity index (χ0) is 33.5. The van der Waals surface area contributed by atoms with Gasteiger partial charge in [-0.05, 0) is 99.0 Å². The highest BCUT2D eigenvalue weighted by Crippen LogP contribution is 2.44. The van der Waals surface area contributed by atoms with E-state index in [1.54, 1.807) is 0 Å². The van der Waals surface area contributed by atoms with Crippen LogP contribution in [0.25, 0.3) is 80.0 Å². The Hall–Kier alpha value is -6.42. The summed E-state index contributed by atoms with van der Waals surface area (Å²) in [5.41, 5.74) is 6.98. The number of hydrogen-bond donors (Lipinski definition) is 0. The minimum atomic E-state index is 1.13. The van der Waals surface area contributed by atoms with Crippen molar-refractivity contribution in [2.45, 2.75) is 0 Å². The van der Waals surface area contributed by atoms with Gasteiger partial charge < -0.3 is 9.47 Å². The van der Waals surface area contributed by atoms with E-state index in [1.165, 1.54) is 74.3 Å². The Morgan fingerprint density at radius 1 is 0.353 bits per heavy atom. The van der Waals surface area contributed by atoms with E-state index >= 15 is 0 Å². The van der Waals surface area contributed by atoms with Crippen molar-refractivity contribution in [1.82, 2.24) is 4.57 Å². The average Bonchev–Trinajstić information content (AvgIpc) is 3.73. The third kappa shape index (κ3) is 4.35. The smallest absolute Gasteiger partial charge is 0.0542 e. The second-order valence-corrected chi connectivity index (χ2v) is 14.4. The normalized spacial score (nSPS) is 11.9. The second kappa shape index (κ2) is 11.0. The molecule has 2 nitrogen and oxygen atoms in total. The van der Waals surface area contributed by atoms with Crippen LogP contribution in [0.1, 0.15) is 0 Å². The van der Waals surface area contributed by atoms with Gasteiger partial charge in [0.2, 0.25) is 0 Å². The number of hydrogen-bond acceptors (Lipinski definition) is 2. The number of nitrogens with zero attached hydrogens (tertiary/aromatic N) is 2. The van der Waals surface area contributed by atoms with E-state index in [0.717, 1.165) is 22.7 Å². The molecule has 0 unspecified atom stereocenters. The molecule has 0 spiro atoms. The maximum atomic E-state index is 2.44. The third-order valence-corrected chi connectivity index (χ3v) is 11.6. The molecule has 3 heteroatoms. The summed E-state index contributed by atoms with van der Waals surface area (Å²) < 4.78 is 4.99. The molecule has 11 aromatic rings. The molecule has 2 aromatic heterocycles. The van der Waals surface area contributed by atoms with E-state index < -0.39 is 0 Å². The number of fused-ring (bicyclic) bond motifs is 11. The first kappa shape index (κ1) is 28.4. The van der Waals surface area contributed by atoms with Gasteiger partial charge in [-0.2, -0.15) is 0 Å². The van der Waals surface area contributed by atoms with Gasteiger partial charge in [0.1, 0.15) is 0 Å². The van der Waals surface area contributed by atoms with Gasteiger partial charge in [-0.3, -0.25) is 0 Å². The van der Waals surface area contributed by atoms with Crippen LogP contribution in [0.2, 0.25) is 0 Å². The van der Waals surface area contributed by atoms with E-state index in [1.807, 2.05) is 11.3 Å². The molecule has 0 saturated heterocycles. The Kier molecular flexibility index (Phi) is 6.16. The lowest BCUT2D eigenvalue weighted by atomic mass is 9.96. The first-order valence-corrected chi connectivity index (χ1v) is 18.2. The number of thiophene rings is 1. The number of benzene rings is 9. The van der Waals surface area contributed by atoms with Crippen molar-refractivity contribution < 1.29 is 0 Å². The molecule has 11 rings (SSSR count). The maximum Gasteiger partial charge on any atom is 0.0542 e. The Morgan fingerprint density at radius 2 is 0.941 bits per heavy atom. The van der Waals surface area contributed by atoms with E-state index in [9.17, 15) is 0 Å². The zero-order valence-electron chi connectivity index (χ0n) is 27.6. The van der Waals surface area contributed by atoms with Gasteiger partial charge in [-0.15, -0.1) is 11.3 Å². The van der Waals surface area contributed by atoms with Crippen LogP contribution in [0.4, 0.5) is 17.1 Å². The summed E-state index contributed by atoms with van der Waals surface area (Å²) in [6.45, 7) is 0. The van der Waals surface area contributed by atoms with Crippen LogP contribution in [0.5, 0.6) is 0 Å². The summed E-state index contributed by atoms with van der Waals surface area (Å²) in [5.74, 6) is 0. The standard InChI is InChI=1S/C48H30N2S/c1-2-11-34(12-3-1)50-44-16-8-6-14-40(44)43-29-36(24-27-45(43)50)49(37-23-26-42-41-15-7-9-17-46(41)51-47(42)30-37)35-22-25-39-33(28-35)21-20-32-19-18-31-10-4-5-13-38(31)48(32)39/h1-30H. The fourth-order valence-electron chi connectivity index (χ4n) is 8.22. The van der Waals surface area contributed by atoms with Crippen LogP contribution < -0.4 is 4.90 Å². The zero-order valence-corrected chi connectivity index (χ0v) is 28.4. The summed E-state index contributed by atoms with van der Waals surface area (Å²) >= 11 is 1.86. The van der Waals surface area contributed by atoms with Gasteiger partial charge in [0.05, 0.1) is 11.0 Å². The lowest BCUT2D eigenvalue weighted by Gasteiger charge is -2.26. The Bertz CT molecular complexity index is 3150. The highest BCUT2D eigenvalue weighted by Gasteiger charge is 2.19. The van der Waals surface area contributed by atoms with E-state index in [4.69, 9.17) is 0 Å². The maximum absolute atomic E-state index is 2.44. The molecule has 0 N–H and O–H groups in total. The first-order valence-electron chi connectivity index (χ1n) is 17.4. The summed E-state index contributed by atoms with van der Waals surface area (Å²) in [5, 5.41) is 12.7. The molecule has 51 heavy (non-hydrogen) atoms. The van der Waals surface area contributed by atoms with Crippen molar-refractivity contribution in [2.24, 2.45) is 0 Å². The molecule has 0 bridgehead atoms. The molecule has 0 radical (unpaired) electrons. The molecular formula is C48H30N2S. The predicted octanol–water partition coefficient (Wildman–Crippen LogP) is 14.1. The summed E-state index contributed by atoms with van der Waals surface area (Å²) in [6, 6.07) is 66.8. The van der Waals surface area contributed by atoms with E-state index in [0.29, 0.717) is 0 Å². The molecule has 0 fully saturated rings. The topological polar surface area (TPSA) is 8.17 Å². The summed E-state index contributed by atoms with van der Waals surface area (Å²) in [6.07, 6.45) is 0. The third-order valence-electron chi connectivity index (χ3n) is 10.5. The van der Waals surface area contributed by atoms with Crippen LogP contribution in [0.3, 0.4) is 0 Å². The number of para-hydroxylation sites is 2. The Labute approximate surface area is 298 Å². The lowest BCUT2D eigenvalue weighted by Crippen LogP contribution is -2.10. The molecule has 0 aliphatic heterocycles. The molecule has 0 saturated carbocycles. The largest absolute Gasteiger partial charge is 0.310 e. The van der Waals surface area contributed by atoms with Crippen LogP contribution in [-0.4, -0.2) is 4.57 Å². The fourth-order valence-corrected chi connectivity index (χ4v) is 9.36. The van der Waals surface area contributed by atoms with Crippen molar-refractivity contribution in [1.29, 1.82) is 0 Å². The van der Waals surface area contributed by atoms with Crippen LogP contribution in [0.15, 0.2) is 182 Å². The monoisotopic (exact) mass is 666 g/mol. The van der Waals surface area contributed by atoms with Gasteiger partial charge in [0.25, 0.3) is 0 Å². The lowest BCUT2D eigenvalue weighted by molar-refractivity contribution is 1.18. The molecule has 9 aromatic carbocycles. The predicted molar refractivity (Wildman–Crippen MR) is 221 cm³/mol. The highest BCUT2D eigenvalue weighted by atomic mass is 32.1. The number of rotatable bonds is 4. The molecule has 238 valence electrons. The molecule has 0 aliphatic rings. The molecule has 2 heterocycles. The van der Waals surface area contributed by atoms with Crippen LogP contribution in [-0.2, 0) is 0 Å². The molecule has 0 aliphatic carbocycles. The number of aromatic nitrogens is 1. The van der Waals surface area contributed by atoms with E-state index in [2.05, 4.69) is 191 Å². The van der Waals surface area contributed by atoms with Crippen LogP contribution in [0, 0.1) is 0 Å². The average molecular weight is 667 g/mol. The van der Waals surface area contributed by atoms with Crippen molar-refractivity contribution in [3.63, 3.8) is 0 Å². The minimum Gasteiger partial charge on any atom is -0.310 e. The SMILES string of the molecule is c1ccc(-n2c3ccccc3c3cc(N(c4ccc5c(ccc6ccc7ccccc7c65)c4)c4ccc5c(c4)sc4ccccc45)ccc32)cc1. The summed E-state index contributed by atoms with van der Waals surface area (Å²) in [7, 11) is 0.